The highest BCUT2D eigenvalue weighted by Crippen LogP contribution is 2.32. The van der Waals surface area contributed by atoms with Crippen LogP contribution >= 0.6 is 0 Å². The standard InChI is InChI=1S/C21H18N4O2/c1-12-5-6-13-9-15(21(27)24-16(13)8-12)14-10-19(26)22-11-17-20(14)25-7-3-2-4-18(25)23-17/h2-9,14H,10-11H2,1H3,(H,22,26)(H,24,27)/t14-/m1/s1. The van der Waals surface area contributed by atoms with Crippen molar-refractivity contribution in [2.75, 3.05) is 0 Å². The molecule has 1 aliphatic rings. The number of carbonyl (C=O) groups is 1. The van der Waals surface area contributed by atoms with Gasteiger partial charge in [0.15, 0.2) is 0 Å². The topological polar surface area (TPSA) is 79.3 Å². The summed E-state index contributed by atoms with van der Waals surface area (Å²) in [5.41, 5.74) is 4.85. The first-order chi connectivity index (χ1) is 13.1. The molecular weight excluding hydrogens is 340 g/mol. The van der Waals surface area contributed by atoms with Gasteiger partial charge in [-0.1, -0.05) is 18.2 Å². The lowest BCUT2D eigenvalue weighted by Gasteiger charge is -2.16. The average Bonchev–Trinajstić information content (AvgIpc) is 2.94. The van der Waals surface area contributed by atoms with E-state index in [1.807, 2.05) is 60.0 Å². The SMILES string of the molecule is Cc1ccc2cc([C@H]3CC(=O)NCc4nc5ccccn5c43)c(=O)[nH]c2c1. The number of nitrogens with zero attached hydrogens (tertiary/aromatic N) is 2. The molecule has 134 valence electrons. The maximum absolute atomic E-state index is 12.9. The average molecular weight is 358 g/mol. The van der Waals surface area contributed by atoms with Crippen LogP contribution in [0.3, 0.4) is 0 Å². The van der Waals surface area contributed by atoms with Crippen molar-refractivity contribution in [1.82, 2.24) is 19.7 Å². The van der Waals surface area contributed by atoms with E-state index in [1.165, 1.54) is 0 Å². The summed E-state index contributed by atoms with van der Waals surface area (Å²) in [7, 11) is 0. The summed E-state index contributed by atoms with van der Waals surface area (Å²) in [4.78, 5) is 32.9. The third kappa shape index (κ3) is 2.52. The van der Waals surface area contributed by atoms with E-state index in [2.05, 4.69) is 15.3 Å². The molecule has 0 spiro atoms. The highest BCUT2D eigenvalue weighted by molar-refractivity contribution is 5.81. The Morgan fingerprint density at radius 2 is 2.04 bits per heavy atom. The van der Waals surface area contributed by atoms with Gasteiger partial charge in [-0.15, -0.1) is 0 Å². The molecule has 5 rings (SSSR count). The van der Waals surface area contributed by atoms with Crippen LogP contribution in [0.25, 0.3) is 16.6 Å². The van der Waals surface area contributed by atoms with Crippen LogP contribution < -0.4 is 10.9 Å². The number of fused-ring (bicyclic) bond motifs is 4. The van der Waals surface area contributed by atoms with Crippen molar-refractivity contribution < 1.29 is 4.79 Å². The number of aromatic nitrogens is 3. The number of aromatic amines is 1. The van der Waals surface area contributed by atoms with E-state index in [9.17, 15) is 9.59 Å². The molecular formula is C21H18N4O2. The van der Waals surface area contributed by atoms with E-state index >= 15 is 0 Å². The van der Waals surface area contributed by atoms with Gasteiger partial charge in [-0.2, -0.15) is 0 Å². The molecule has 0 saturated carbocycles. The first kappa shape index (κ1) is 15.8. The largest absolute Gasteiger partial charge is 0.350 e. The number of H-pyrrole nitrogens is 1. The predicted molar refractivity (Wildman–Crippen MR) is 103 cm³/mol. The molecule has 2 N–H and O–H groups in total. The van der Waals surface area contributed by atoms with Gasteiger partial charge in [-0.25, -0.2) is 4.98 Å². The normalized spacial score (nSPS) is 16.9. The smallest absolute Gasteiger partial charge is 0.252 e. The number of hydrogen-bond acceptors (Lipinski definition) is 3. The predicted octanol–water partition coefficient (Wildman–Crippen LogP) is 2.64. The second kappa shape index (κ2) is 5.81. The molecule has 4 aromatic rings. The van der Waals surface area contributed by atoms with E-state index in [4.69, 9.17) is 0 Å². The summed E-state index contributed by atoms with van der Waals surface area (Å²) in [5, 5.41) is 3.85. The molecule has 0 unspecified atom stereocenters. The Morgan fingerprint density at radius 1 is 1.15 bits per heavy atom. The molecule has 1 atom stereocenters. The molecule has 4 heterocycles. The summed E-state index contributed by atoms with van der Waals surface area (Å²) in [6.45, 7) is 2.36. The molecule has 0 aliphatic carbocycles. The van der Waals surface area contributed by atoms with Crippen molar-refractivity contribution >= 4 is 22.5 Å². The minimum absolute atomic E-state index is 0.0777. The molecule has 27 heavy (non-hydrogen) atoms. The summed E-state index contributed by atoms with van der Waals surface area (Å²) in [6.07, 6.45) is 2.15. The van der Waals surface area contributed by atoms with Crippen LogP contribution in [0.2, 0.25) is 0 Å². The lowest BCUT2D eigenvalue weighted by molar-refractivity contribution is -0.121. The summed E-state index contributed by atoms with van der Waals surface area (Å²) in [5.74, 6) is -0.430. The van der Waals surface area contributed by atoms with E-state index in [0.29, 0.717) is 12.1 Å². The van der Waals surface area contributed by atoms with Crippen molar-refractivity contribution in [3.8, 4) is 0 Å². The Balaban J connectivity index is 1.78. The number of benzene rings is 1. The fourth-order valence-corrected chi connectivity index (χ4v) is 3.95. The summed E-state index contributed by atoms with van der Waals surface area (Å²) >= 11 is 0. The Kier molecular flexibility index (Phi) is 3.40. The van der Waals surface area contributed by atoms with Gasteiger partial charge >= 0.3 is 0 Å². The van der Waals surface area contributed by atoms with Gasteiger partial charge in [-0.3, -0.25) is 9.59 Å². The van der Waals surface area contributed by atoms with Gasteiger partial charge in [0.2, 0.25) is 5.91 Å². The van der Waals surface area contributed by atoms with Crippen LogP contribution in [0.15, 0.2) is 53.5 Å². The number of rotatable bonds is 1. The van der Waals surface area contributed by atoms with Crippen molar-refractivity contribution in [2.24, 2.45) is 0 Å². The van der Waals surface area contributed by atoms with Gasteiger partial charge in [0, 0.05) is 29.6 Å². The number of amides is 1. The maximum Gasteiger partial charge on any atom is 0.252 e. The quantitative estimate of drug-likeness (QED) is 0.549. The second-order valence-electron chi connectivity index (χ2n) is 7.05. The molecule has 0 radical (unpaired) electrons. The zero-order valence-corrected chi connectivity index (χ0v) is 14.8. The third-order valence-electron chi connectivity index (χ3n) is 5.22. The van der Waals surface area contributed by atoms with Crippen LogP contribution in [0.4, 0.5) is 0 Å². The number of imidazole rings is 1. The maximum atomic E-state index is 12.9. The van der Waals surface area contributed by atoms with E-state index < -0.39 is 0 Å². The fourth-order valence-electron chi connectivity index (χ4n) is 3.95. The molecule has 6 nitrogen and oxygen atoms in total. The van der Waals surface area contributed by atoms with E-state index in [0.717, 1.165) is 33.5 Å². The van der Waals surface area contributed by atoms with Crippen molar-refractivity contribution in [2.45, 2.75) is 25.8 Å². The fraction of sp³-hybridized carbons (Fsp3) is 0.190. The van der Waals surface area contributed by atoms with Crippen molar-refractivity contribution in [1.29, 1.82) is 0 Å². The van der Waals surface area contributed by atoms with E-state index in [1.54, 1.807) is 0 Å². The molecule has 0 saturated heterocycles. The first-order valence-electron chi connectivity index (χ1n) is 8.96. The first-order valence-corrected chi connectivity index (χ1v) is 8.96. The molecule has 0 fully saturated rings. The zero-order chi connectivity index (χ0) is 18.5. The number of hydrogen-bond donors (Lipinski definition) is 2. The number of aryl methyl sites for hydroxylation is 1. The second-order valence-corrected chi connectivity index (χ2v) is 7.05. The third-order valence-corrected chi connectivity index (χ3v) is 5.22. The number of carbonyl (C=O) groups excluding carboxylic acids is 1. The van der Waals surface area contributed by atoms with Gasteiger partial charge in [0.1, 0.15) is 5.65 Å². The zero-order valence-electron chi connectivity index (χ0n) is 14.8. The summed E-state index contributed by atoms with van der Waals surface area (Å²) < 4.78 is 1.99. The highest BCUT2D eigenvalue weighted by atomic mass is 16.1. The van der Waals surface area contributed by atoms with Crippen LogP contribution in [0.1, 0.15) is 34.9 Å². The minimum atomic E-state index is -0.352. The monoisotopic (exact) mass is 358 g/mol. The molecule has 6 heteroatoms. The highest BCUT2D eigenvalue weighted by Gasteiger charge is 2.30. The Bertz CT molecular complexity index is 1270. The van der Waals surface area contributed by atoms with Crippen LogP contribution in [-0.4, -0.2) is 20.3 Å². The van der Waals surface area contributed by atoms with Gasteiger partial charge in [-0.05, 0) is 42.1 Å². The molecule has 1 amide bonds. The minimum Gasteiger partial charge on any atom is -0.350 e. The van der Waals surface area contributed by atoms with Crippen LogP contribution in [0.5, 0.6) is 0 Å². The van der Waals surface area contributed by atoms with Crippen LogP contribution in [0, 0.1) is 6.92 Å². The Hall–Kier alpha value is -3.41. The van der Waals surface area contributed by atoms with Crippen molar-refractivity contribution in [3.05, 3.63) is 81.5 Å². The number of pyridine rings is 2. The lowest BCUT2D eigenvalue weighted by atomic mass is 9.91. The molecule has 1 aromatic carbocycles. The number of nitrogens with one attached hydrogen (secondary N) is 2. The van der Waals surface area contributed by atoms with Crippen molar-refractivity contribution in [3.63, 3.8) is 0 Å². The molecule has 1 aliphatic heterocycles. The lowest BCUT2D eigenvalue weighted by Crippen LogP contribution is -2.24. The summed E-state index contributed by atoms with van der Waals surface area (Å²) in [6, 6.07) is 13.7. The molecule has 0 bridgehead atoms. The van der Waals surface area contributed by atoms with E-state index in [-0.39, 0.29) is 23.8 Å². The van der Waals surface area contributed by atoms with Gasteiger partial charge in [0.05, 0.1) is 17.9 Å². The van der Waals surface area contributed by atoms with Gasteiger partial charge in [0.25, 0.3) is 5.56 Å². The van der Waals surface area contributed by atoms with Gasteiger partial charge < -0.3 is 14.7 Å². The Labute approximate surface area is 154 Å². The molecule has 3 aromatic heterocycles. The Morgan fingerprint density at radius 3 is 2.93 bits per heavy atom. The van der Waals surface area contributed by atoms with Crippen LogP contribution in [-0.2, 0) is 11.3 Å².